The van der Waals surface area contributed by atoms with Gasteiger partial charge in [0.05, 0.1) is 29.0 Å². The van der Waals surface area contributed by atoms with Crippen molar-refractivity contribution >= 4 is 10.9 Å². The van der Waals surface area contributed by atoms with Gasteiger partial charge in [0.15, 0.2) is 0 Å². The van der Waals surface area contributed by atoms with Gasteiger partial charge in [-0.25, -0.2) is 4.98 Å². The van der Waals surface area contributed by atoms with E-state index in [1.807, 2.05) is 51.1 Å². The minimum atomic E-state index is -0.143. The third-order valence-corrected chi connectivity index (χ3v) is 3.88. The van der Waals surface area contributed by atoms with Crippen molar-refractivity contribution in [2.45, 2.75) is 26.8 Å². The molecule has 21 heavy (non-hydrogen) atoms. The van der Waals surface area contributed by atoms with Crippen molar-refractivity contribution < 1.29 is 0 Å². The topological polar surface area (TPSA) is 47.8 Å². The lowest BCUT2D eigenvalue weighted by Crippen LogP contribution is -2.25. The molecule has 0 unspecified atom stereocenters. The average Bonchev–Trinajstić information content (AvgIpc) is 2.47. The van der Waals surface area contributed by atoms with Gasteiger partial charge in [0, 0.05) is 6.20 Å². The van der Waals surface area contributed by atoms with Crippen molar-refractivity contribution in [3.8, 4) is 0 Å². The predicted octanol–water partition coefficient (Wildman–Crippen LogP) is 3.02. The highest BCUT2D eigenvalue weighted by Gasteiger charge is 2.15. The molecule has 4 nitrogen and oxygen atoms in total. The van der Waals surface area contributed by atoms with Crippen LogP contribution in [0.1, 0.15) is 29.8 Å². The molecule has 2 heterocycles. The first-order valence-corrected chi connectivity index (χ1v) is 6.97. The van der Waals surface area contributed by atoms with Gasteiger partial charge in [-0.2, -0.15) is 0 Å². The molecule has 1 aromatic carbocycles. The quantitative estimate of drug-likeness (QED) is 0.724. The minimum absolute atomic E-state index is 0.0179. The number of nitrogens with zero attached hydrogens (tertiary/aromatic N) is 3. The van der Waals surface area contributed by atoms with Crippen LogP contribution in [0.25, 0.3) is 10.9 Å². The first-order valence-electron chi connectivity index (χ1n) is 6.97. The molecule has 0 aliphatic heterocycles. The highest BCUT2D eigenvalue weighted by molar-refractivity contribution is 5.80. The number of hydrogen-bond acceptors (Lipinski definition) is 3. The fraction of sp³-hybridized carbons (Fsp3) is 0.235. The van der Waals surface area contributed by atoms with E-state index in [0.29, 0.717) is 5.39 Å². The van der Waals surface area contributed by atoms with Gasteiger partial charge in [-0.1, -0.05) is 18.2 Å². The fourth-order valence-corrected chi connectivity index (χ4v) is 2.69. The van der Waals surface area contributed by atoms with Crippen molar-refractivity contribution in [1.29, 1.82) is 0 Å². The van der Waals surface area contributed by atoms with E-state index in [9.17, 15) is 4.79 Å². The van der Waals surface area contributed by atoms with Gasteiger partial charge in [0.2, 0.25) is 0 Å². The van der Waals surface area contributed by atoms with Gasteiger partial charge in [-0.15, -0.1) is 0 Å². The zero-order valence-corrected chi connectivity index (χ0v) is 12.4. The molecule has 0 saturated carbocycles. The number of hydrogen-bond donors (Lipinski definition) is 0. The van der Waals surface area contributed by atoms with Crippen molar-refractivity contribution in [2.24, 2.45) is 0 Å². The largest absolute Gasteiger partial charge is 0.290 e. The highest BCUT2D eigenvalue weighted by atomic mass is 16.1. The highest BCUT2D eigenvalue weighted by Crippen LogP contribution is 2.19. The number of fused-ring (bicyclic) bond motifs is 1. The summed E-state index contributed by atoms with van der Waals surface area (Å²) in [5.74, 6) is 0. The molecule has 0 fully saturated rings. The molecule has 2 aromatic heterocycles. The Hall–Kier alpha value is -2.49. The van der Waals surface area contributed by atoms with Crippen LogP contribution in [0.2, 0.25) is 0 Å². The molecule has 0 aliphatic rings. The van der Waals surface area contributed by atoms with Crippen LogP contribution in [0.4, 0.5) is 0 Å². The summed E-state index contributed by atoms with van der Waals surface area (Å²) >= 11 is 0. The Bertz CT molecular complexity index is 867. The number of benzene rings is 1. The van der Waals surface area contributed by atoms with E-state index in [-0.39, 0.29) is 11.6 Å². The molecule has 0 radical (unpaired) electrons. The summed E-state index contributed by atoms with van der Waals surface area (Å²) < 4.78 is 1.66. The Morgan fingerprint density at radius 1 is 1.05 bits per heavy atom. The molecule has 0 N–H and O–H groups in total. The van der Waals surface area contributed by atoms with Crippen LogP contribution in [0.15, 0.2) is 47.7 Å². The van der Waals surface area contributed by atoms with E-state index in [0.717, 1.165) is 22.3 Å². The standard InChI is InChI=1S/C17H17N3O/c1-11-6-4-8-14-15(11)17(21)20(10-19-14)13(3)16-12(2)7-5-9-18-16/h4-10,13H,1-3H3/t13-/m1/s1. The zero-order chi connectivity index (χ0) is 15.0. The predicted molar refractivity (Wildman–Crippen MR) is 83.5 cm³/mol. The van der Waals surface area contributed by atoms with Crippen LogP contribution in [-0.4, -0.2) is 14.5 Å². The van der Waals surface area contributed by atoms with Crippen molar-refractivity contribution in [3.05, 3.63) is 70.0 Å². The molecule has 0 spiro atoms. The van der Waals surface area contributed by atoms with E-state index in [4.69, 9.17) is 0 Å². The van der Waals surface area contributed by atoms with Gasteiger partial charge >= 0.3 is 0 Å². The molecule has 0 aliphatic carbocycles. The Balaban J connectivity index is 2.22. The maximum atomic E-state index is 12.8. The van der Waals surface area contributed by atoms with E-state index >= 15 is 0 Å². The van der Waals surface area contributed by atoms with Gasteiger partial charge in [0.25, 0.3) is 5.56 Å². The normalized spacial score (nSPS) is 12.5. The van der Waals surface area contributed by atoms with Crippen LogP contribution in [0.5, 0.6) is 0 Å². The zero-order valence-electron chi connectivity index (χ0n) is 12.4. The molecule has 3 aromatic rings. The Morgan fingerprint density at radius 3 is 2.57 bits per heavy atom. The lowest BCUT2D eigenvalue weighted by Gasteiger charge is -2.17. The minimum Gasteiger partial charge on any atom is -0.290 e. The fourth-order valence-electron chi connectivity index (χ4n) is 2.69. The summed E-state index contributed by atoms with van der Waals surface area (Å²) in [4.78, 5) is 21.6. The molecule has 0 saturated heterocycles. The van der Waals surface area contributed by atoms with Crippen LogP contribution in [0, 0.1) is 13.8 Å². The van der Waals surface area contributed by atoms with Crippen molar-refractivity contribution in [1.82, 2.24) is 14.5 Å². The van der Waals surface area contributed by atoms with Gasteiger partial charge in [0.1, 0.15) is 0 Å². The average molecular weight is 279 g/mol. The number of aromatic nitrogens is 3. The second kappa shape index (κ2) is 5.13. The Labute approximate surface area is 123 Å². The first-order chi connectivity index (χ1) is 10.1. The molecule has 106 valence electrons. The third-order valence-electron chi connectivity index (χ3n) is 3.88. The summed E-state index contributed by atoms with van der Waals surface area (Å²) in [7, 11) is 0. The monoisotopic (exact) mass is 279 g/mol. The number of pyridine rings is 1. The van der Waals surface area contributed by atoms with E-state index < -0.39 is 0 Å². The molecular weight excluding hydrogens is 262 g/mol. The summed E-state index contributed by atoms with van der Waals surface area (Å²) in [6, 6.07) is 9.48. The summed E-state index contributed by atoms with van der Waals surface area (Å²) in [6.45, 7) is 5.92. The van der Waals surface area contributed by atoms with E-state index in [1.54, 1.807) is 17.1 Å². The maximum absolute atomic E-state index is 12.8. The second-order valence-corrected chi connectivity index (χ2v) is 5.31. The smallest absolute Gasteiger partial charge is 0.262 e. The van der Waals surface area contributed by atoms with Gasteiger partial charge in [-0.3, -0.25) is 14.3 Å². The molecule has 0 amide bonds. The van der Waals surface area contributed by atoms with Crippen molar-refractivity contribution in [2.75, 3.05) is 0 Å². The van der Waals surface area contributed by atoms with Crippen LogP contribution in [-0.2, 0) is 0 Å². The summed E-state index contributed by atoms with van der Waals surface area (Å²) in [6.07, 6.45) is 3.37. The first kappa shape index (κ1) is 13.5. The lowest BCUT2D eigenvalue weighted by atomic mass is 10.1. The summed E-state index contributed by atoms with van der Waals surface area (Å²) in [5, 5.41) is 0.681. The summed E-state index contributed by atoms with van der Waals surface area (Å²) in [5.41, 5.74) is 3.64. The third kappa shape index (κ3) is 2.23. The van der Waals surface area contributed by atoms with Gasteiger partial charge < -0.3 is 0 Å². The molecule has 0 bridgehead atoms. The van der Waals surface area contributed by atoms with Crippen molar-refractivity contribution in [3.63, 3.8) is 0 Å². The van der Waals surface area contributed by atoms with Crippen LogP contribution < -0.4 is 5.56 Å². The second-order valence-electron chi connectivity index (χ2n) is 5.31. The SMILES string of the molecule is Cc1cccnc1[C@@H](C)n1cnc2cccc(C)c2c1=O. The number of rotatable bonds is 2. The maximum Gasteiger partial charge on any atom is 0.262 e. The Morgan fingerprint density at radius 2 is 1.81 bits per heavy atom. The van der Waals surface area contributed by atoms with Crippen LogP contribution in [0.3, 0.4) is 0 Å². The van der Waals surface area contributed by atoms with Crippen LogP contribution >= 0.6 is 0 Å². The molecular formula is C17H17N3O. The molecule has 3 rings (SSSR count). The van der Waals surface area contributed by atoms with Gasteiger partial charge in [-0.05, 0) is 44.0 Å². The molecule has 4 heteroatoms. The van der Waals surface area contributed by atoms with E-state index in [1.165, 1.54) is 0 Å². The number of aryl methyl sites for hydroxylation is 2. The van der Waals surface area contributed by atoms with E-state index in [2.05, 4.69) is 9.97 Å². The Kier molecular flexibility index (Phi) is 3.29. The lowest BCUT2D eigenvalue weighted by molar-refractivity contribution is 0.589. The molecule has 1 atom stereocenters.